The van der Waals surface area contributed by atoms with Gasteiger partial charge in [0, 0.05) is 18.3 Å². The summed E-state index contributed by atoms with van der Waals surface area (Å²) in [6, 6.07) is 6.66. The molecule has 5 heteroatoms. The van der Waals surface area contributed by atoms with Gasteiger partial charge >= 0.3 is 6.09 Å². The molecule has 0 aliphatic heterocycles. The summed E-state index contributed by atoms with van der Waals surface area (Å²) in [6.45, 7) is 2.49. The Hall–Kier alpha value is -1.75. The van der Waals surface area contributed by atoms with E-state index in [0.717, 1.165) is 0 Å². The van der Waals surface area contributed by atoms with Gasteiger partial charge in [-0.2, -0.15) is 0 Å². The van der Waals surface area contributed by atoms with Gasteiger partial charge in [0.25, 0.3) is 0 Å². The van der Waals surface area contributed by atoms with Crippen LogP contribution in [0, 0.1) is 0 Å². The molecule has 0 saturated carbocycles. The topological polar surface area (TPSA) is 76.4 Å². The van der Waals surface area contributed by atoms with Gasteiger partial charge in [0.1, 0.15) is 5.75 Å². The van der Waals surface area contributed by atoms with Gasteiger partial charge in [-0.1, -0.05) is 13.0 Å². The van der Waals surface area contributed by atoms with Gasteiger partial charge in [-0.15, -0.1) is 0 Å². The van der Waals surface area contributed by atoms with Crippen molar-refractivity contribution in [1.29, 1.82) is 0 Å². The van der Waals surface area contributed by atoms with Crippen LogP contribution in [0.4, 0.5) is 10.5 Å². The smallest absolute Gasteiger partial charge is 0.409 e. The van der Waals surface area contributed by atoms with Gasteiger partial charge in [-0.05, 0) is 12.1 Å². The zero-order valence-corrected chi connectivity index (χ0v) is 7.91. The lowest BCUT2D eigenvalue weighted by Crippen LogP contribution is -2.38. The number of hydrazine groups is 1. The quantitative estimate of drug-likeness (QED) is 0.494. The molecular weight excluding hydrogens is 182 g/mol. The highest BCUT2D eigenvalue weighted by Crippen LogP contribution is 2.14. The molecule has 1 rings (SSSR count). The second-order valence-corrected chi connectivity index (χ2v) is 2.62. The number of rotatable bonds is 3. The summed E-state index contributed by atoms with van der Waals surface area (Å²) < 4.78 is 4.90. The predicted molar refractivity (Wildman–Crippen MR) is 53.7 cm³/mol. The van der Waals surface area contributed by atoms with Gasteiger partial charge in [0.05, 0.1) is 0 Å². The van der Waals surface area contributed by atoms with Crippen LogP contribution in [-0.2, 0) is 0 Å². The Labute approximate surface area is 82.2 Å². The third-order valence-corrected chi connectivity index (χ3v) is 1.44. The summed E-state index contributed by atoms with van der Waals surface area (Å²) in [5.74, 6) is 0.417. The summed E-state index contributed by atoms with van der Waals surface area (Å²) in [6.07, 6.45) is -0.558. The van der Waals surface area contributed by atoms with E-state index >= 15 is 0 Å². The average Bonchev–Trinajstić information content (AvgIpc) is 2.15. The fourth-order valence-corrected chi connectivity index (χ4v) is 0.871. The molecule has 0 saturated heterocycles. The Bertz CT molecular complexity index is 315. The molecule has 1 aromatic rings. The first-order valence-electron chi connectivity index (χ1n) is 4.28. The Kier molecular flexibility index (Phi) is 3.75. The van der Waals surface area contributed by atoms with E-state index in [0.29, 0.717) is 18.0 Å². The van der Waals surface area contributed by atoms with E-state index in [1.807, 2.05) is 6.92 Å². The molecule has 0 fully saturated rings. The minimum Gasteiger partial charge on any atom is -0.409 e. The molecule has 0 radical (unpaired) electrons. The van der Waals surface area contributed by atoms with Crippen LogP contribution in [0.15, 0.2) is 24.3 Å². The molecule has 0 spiro atoms. The number of ether oxygens (including phenoxy) is 1. The number of nitrogens with one attached hydrogen (secondary N) is 2. The molecule has 14 heavy (non-hydrogen) atoms. The number of nitrogens with two attached hydrogens (primary N) is 1. The number of hydrogen-bond acceptors (Lipinski definition) is 4. The molecule has 0 heterocycles. The predicted octanol–water partition coefficient (Wildman–Crippen LogP) is 0.882. The zero-order valence-electron chi connectivity index (χ0n) is 7.91. The summed E-state index contributed by atoms with van der Waals surface area (Å²) in [5.41, 5.74) is 11.0. The molecule has 0 aliphatic carbocycles. The van der Waals surface area contributed by atoms with Crippen molar-refractivity contribution in [1.82, 2.24) is 10.9 Å². The van der Waals surface area contributed by atoms with E-state index < -0.39 is 6.09 Å². The van der Waals surface area contributed by atoms with Crippen LogP contribution < -0.4 is 21.3 Å². The molecule has 4 N–H and O–H groups in total. The van der Waals surface area contributed by atoms with Crippen molar-refractivity contribution in [2.24, 2.45) is 0 Å². The summed E-state index contributed by atoms with van der Waals surface area (Å²) in [5, 5.41) is 0. The maximum atomic E-state index is 11.0. The second-order valence-electron chi connectivity index (χ2n) is 2.62. The highest BCUT2D eigenvalue weighted by atomic mass is 16.6. The molecule has 76 valence electrons. The van der Waals surface area contributed by atoms with Gasteiger partial charge in [-0.3, -0.25) is 5.43 Å². The van der Waals surface area contributed by atoms with Crippen molar-refractivity contribution in [2.45, 2.75) is 6.92 Å². The maximum absolute atomic E-state index is 11.0. The van der Waals surface area contributed by atoms with E-state index in [4.69, 9.17) is 10.5 Å². The molecule has 0 unspecified atom stereocenters. The van der Waals surface area contributed by atoms with Crippen molar-refractivity contribution >= 4 is 11.8 Å². The first-order chi connectivity index (χ1) is 6.72. The number of anilines is 1. The van der Waals surface area contributed by atoms with Crippen LogP contribution in [0.5, 0.6) is 5.75 Å². The van der Waals surface area contributed by atoms with Crippen molar-refractivity contribution in [3.05, 3.63) is 24.3 Å². The minimum atomic E-state index is -0.558. The van der Waals surface area contributed by atoms with Gasteiger partial charge < -0.3 is 10.5 Å². The lowest BCUT2D eigenvalue weighted by molar-refractivity contribution is 0.195. The molecular formula is C9H13N3O2. The minimum absolute atomic E-state index is 0.417. The van der Waals surface area contributed by atoms with Crippen LogP contribution in [0.1, 0.15) is 6.92 Å². The third kappa shape index (κ3) is 3.32. The molecule has 0 aliphatic rings. The first kappa shape index (κ1) is 10.3. The fourth-order valence-electron chi connectivity index (χ4n) is 0.871. The molecule has 0 atom stereocenters. The summed E-state index contributed by atoms with van der Waals surface area (Å²) in [4.78, 5) is 11.0. The average molecular weight is 195 g/mol. The Balaban J connectivity index is 2.47. The van der Waals surface area contributed by atoms with Gasteiger partial charge in [-0.25, -0.2) is 10.2 Å². The second kappa shape index (κ2) is 5.08. The largest absolute Gasteiger partial charge is 0.427 e. The first-order valence-corrected chi connectivity index (χ1v) is 4.28. The van der Waals surface area contributed by atoms with E-state index in [-0.39, 0.29) is 0 Å². The molecule has 1 aromatic carbocycles. The number of amides is 1. The zero-order chi connectivity index (χ0) is 10.4. The molecule has 1 amide bonds. The monoisotopic (exact) mass is 195 g/mol. The van der Waals surface area contributed by atoms with Crippen LogP contribution in [0.3, 0.4) is 0 Å². The van der Waals surface area contributed by atoms with Crippen molar-refractivity contribution in [2.75, 3.05) is 12.3 Å². The standard InChI is InChI=1S/C9H13N3O2/c1-2-11-12-9(13)14-8-5-3-4-7(10)6-8/h3-6,11H,2,10H2,1H3,(H,12,13). The SMILES string of the molecule is CCNNC(=O)Oc1cccc(N)c1. The maximum Gasteiger partial charge on any atom is 0.427 e. The highest BCUT2D eigenvalue weighted by molar-refractivity contribution is 5.70. The lowest BCUT2D eigenvalue weighted by Gasteiger charge is -2.06. The Morgan fingerprint density at radius 1 is 1.57 bits per heavy atom. The number of nitrogen functional groups attached to an aromatic ring is 1. The normalized spacial score (nSPS) is 9.50. The van der Waals surface area contributed by atoms with E-state index in [9.17, 15) is 4.79 Å². The van der Waals surface area contributed by atoms with Crippen LogP contribution in [0.2, 0.25) is 0 Å². The third-order valence-electron chi connectivity index (χ3n) is 1.44. The van der Waals surface area contributed by atoms with E-state index in [2.05, 4.69) is 10.9 Å². The van der Waals surface area contributed by atoms with Crippen molar-refractivity contribution < 1.29 is 9.53 Å². The summed E-state index contributed by atoms with van der Waals surface area (Å²) >= 11 is 0. The number of carbonyl (C=O) groups excluding carboxylic acids is 1. The number of carbonyl (C=O) groups is 1. The lowest BCUT2D eigenvalue weighted by atomic mass is 10.3. The number of hydrogen-bond donors (Lipinski definition) is 3. The molecule has 5 nitrogen and oxygen atoms in total. The fraction of sp³-hybridized carbons (Fsp3) is 0.222. The van der Waals surface area contributed by atoms with E-state index in [1.54, 1.807) is 24.3 Å². The van der Waals surface area contributed by atoms with Crippen LogP contribution in [-0.4, -0.2) is 12.6 Å². The number of benzene rings is 1. The Morgan fingerprint density at radius 3 is 3.00 bits per heavy atom. The highest BCUT2D eigenvalue weighted by Gasteiger charge is 2.02. The molecule has 0 aromatic heterocycles. The van der Waals surface area contributed by atoms with Crippen LogP contribution >= 0.6 is 0 Å². The van der Waals surface area contributed by atoms with Gasteiger partial charge in [0.2, 0.25) is 0 Å². The van der Waals surface area contributed by atoms with E-state index in [1.165, 1.54) is 0 Å². The van der Waals surface area contributed by atoms with Crippen molar-refractivity contribution in [3.8, 4) is 5.75 Å². The molecule has 0 bridgehead atoms. The van der Waals surface area contributed by atoms with Gasteiger partial charge in [0.15, 0.2) is 0 Å². The Morgan fingerprint density at radius 2 is 2.36 bits per heavy atom. The summed E-state index contributed by atoms with van der Waals surface area (Å²) in [7, 11) is 0. The van der Waals surface area contributed by atoms with Crippen LogP contribution in [0.25, 0.3) is 0 Å². The van der Waals surface area contributed by atoms with Crippen molar-refractivity contribution in [3.63, 3.8) is 0 Å².